The summed E-state index contributed by atoms with van der Waals surface area (Å²) in [7, 11) is -7.86. The highest BCUT2D eigenvalue weighted by Crippen LogP contribution is 2.24. The molecular formula is C30H35N5O7S2. The van der Waals surface area contributed by atoms with Crippen LogP contribution in [0.15, 0.2) is 72.1 Å². The van der Waals surface area contributed by atoms with Crippen LogP contribution in [-0.2, 0) is 29.4 Å². The first-order valence-electron chi connectivity index (χ1n) is 14.4. The predicted octanol–water partition coefficient (Wildman–Crippen LogP) is 3.62. The number of amides is 2. The Kier molecular flexibility index (Phi) is 9.20. The topological polar surface area (TPSA) is 159 Å². The van der Waals surface area contributed by atoms with E-state index in [1.165, 1.54) is 30.5 Å². The number of sulfonamides is 1. The van der Waals surface area contributed by atoms with Gasteiger partial charge in [-0.1, -0.05) is 6.42 Å². The molecule has 2 aliphatic heterocycles. The maximum absolute atomic E-state index is 13.5. The highest BCUT2D eigenvalue weighted by Gasteiger charge is 2.29. The van der Waals surface area contributed by atoms with E-state index in [-0.39, 0.29) is 34.1 Å². The number of nitrogens with one attached hydrogen (secondary N) is 1. The van der Waals surface area contributed by atoms with E-state index in [1.807, 2.05) is 13.0 Å². The van der Waals surface area contributed by atoms with E-state index >= 15 is 0 Å². The van der Waals surface area contributed by atoms with Crippen molar-refractivity contribution in [1.82, 2.24) is 9.80 Å². The minimum atomic E-state index is -4.34. The molecule has 0 spiro atoms. The number of carbonyl (C=O) groups is 2. The van der Waals surface area contributed by atoms with Gasteiger partial charge in [0.15, 0.2) is 9.84 Å². The minimum absolute atomic E-state index is 0.00432. The molecule has 2 aromatic carbocycles. The normalized spacial score (nSPS) is 18.7. The fourth-order valence-electron chi connectivity index (χ4n) is 5.31. The van der Waals surface area contributed by atoms with Crippen molar-refractivity contribution >= 4 is 60.5 Å². The summed E-state index contributed by atoms with van der Waals surface area (Å²) in [5, 5.41) is 3.73. The van der Waals surface area contributed by atoms with E-state index < -0.39 is 25.8 Å². The van der Waals surface area contributed by atoms with Crippen molar-refractivity contribution in [2.75, 3.05) is 37.8 Å². The molecule has 2 saturated heterocycles. The zero-order valence-corrected chi connectivity index (χ0v) is 26.2. The third kappa shape index (κ3) is 7.53. The van der Waals surface area contributed by atoms with Gasteiger partial charge in [0.2, 0.25) is 17.8 Å². The number of carbonyl (C=O) groups excluding carboxylic acids is 2. The lowest BCUT2D eigenvalue weighted by Crippen LogP contribution is -2.44. The number of anilines is 1. The van der Waals surface area contributed by atoms with Gasteiger partial charge in [-0.3, -0.25) is 9.59 Å². The summed E-state index contributed by atoms with van der Waals surface area (Å²) in [5.41, 5.74) is 1.14. The van der Waals surface area contributed by atoms with Gasteiger partial charge in [0.1, 0.15) is 11.3 Å². The molecule has 5 rings (SSSR count). The number of aliphatic imine (C=N–C) groups is 1. The average Bonchev–Trinajstić information content (AvgIpc) is 3.60. The Morgan fingerprint density at radius 2 is 1.66 bits per heavy atom. The molecule has 1 atom stereocenters. The van der Waals surface area contributed by atoms with E-state index in [2.05, 4.69) is 14.7 Å². The number of nitrogens with zero attached hydrogens (tertiary/aromatic N) is 4. The zero-order valence-electron chi connectivity index (χ0n) is 24.6. The van der Waals surface area contributed by atoms with Crippen LogP contribution in [0.4, 0.5) is 5.69 Å². The number of benzene rings is 2. The molecule has 1 N–H and O–H groups in total. The number of sulfone groups is 1. The maximum atomic E-state index is 13.5. The van der Waals surface area contributed by atoms with E-state index in [9.17, 15) is 26.4 Å². The Hall–Kier alpha value is -4.04. The van der Waals surface area contributed by atoms with E-state index in [0.717, 1.165) is 37.3 Å². The summed E-state index contributed by atoms with van der Waals surface area (Å²) >= 11 is 0. The zero-order chi connectivity index (χ0) is 31.5. The minimum Gasteiger partial charge on any atom is -0.461 e. The molecule has 2 fully saturated rings. The number of likely N-dealkylation sites (tertiary alicyclic amines) is 2. The Bertz CT molecular complexity index is 1820. The van der Waals surface area contributed by atoms with Gasteiger partial charge in [0.05, 0.1) is 22.3 Å². The summed E-state index contributed by atoms with van der Waals surface area (Å²) in [6.45, 7) is 3.69. The number of fused-ring (bicyclic) bond motifs is 1. The lowest BCUT2D eigenvalue weighted by molar-refractivity contribution is -0.140. The van der Waals surface area contributed by atoms with Crippen LogP contribution in [0, 0.1) is 12.8 Å². The quantitative estimate of drug-likeness (QED) is 0.303. The van der Waals surface area contributed by atoms with E-state index in [1.54, 1.807) is 28.0 Å². The largest absolute Gasteiger partial charge is 0.461 e. The van der Waals surface area contributed by atoms with Crippen LogP contribution in [-0.4, -0.2) is 83.1 Å². The first-order chi connectivity index (χ1) is 20.9. The molecule has 12 nitrogen and oxygen atoms in total. The third-order valence-corrected chi connectivity index (χ3v) is 10.0. The molecule has 234 valence electrons. The molecule has 3 aromatic rings. The Labute approximate surface area is 256 Å². The molecule has 2 amide bonds. The van der Waals surface area contributed by atoms with Crippen LogP contribution in [0.25, 0.3) is 11.0 Å². The summed E-state index contributed by atoms with van der Waals surface area (Å²) < 4.78 is 59.8. The number of guanidine groups is 1. The number of furan rings is 1. The van der Waals surface area contributed by atoms with Crippen molar-refractivity contribution in [3.63, 3.8) is 0 Å². The molecule has 14 heteroatoms. The molecule has 0 saturated carbocycles. The Morgan fingerprint density at radius 1 is 0.977 bits per heavy atom. The number of rotatable bonds is 7. The molecule has 2 aliphatic rings. The fraction of sp³-hybridized carbons (Fsp3) is 0.400. The predicted molar refractivity (Wildman–Crippen MR) is 167 cm³/mol. The molecule has 3 heterocycles. The van der Waals surface area contributed by atoms with Crippen LogP contribution in [0.5, 0.6) is 0 Å². The van der Waals surface area contributed by atoms with Gasteiger partial charge in [-0.2, -0.15) is 8.42 Å². The SMILES string of the molecule is Cc1cc2cc(NC(=NS(=O)(=O)c3ccc(S(C)(=O)=O)cc3)/N=C\C3CCCCN(CC(=O)N4CCCC4)C3=O)ccc2o1. The summed E-state index contributed by atoms with van der Waals surface area (Å²) in [5.74, 6) is -0.563. The van der Waals surface area contributed by atoms with E-state index in [0.29, 0.717) is 43.1 Å². The average molecular weight is 642 g/mol. The first kappa shape index (κ1) is 31.4. The van der Waals surface area contributed by atoms with Crippen LogP contribution >= 0.6 is 0 Å². The molecule has 0 bridgehead atoms. The molecule has 0 radical (unpaired) electrons. The fourth-order valence-corrected chi connectivity index (χ4v) is 6.84. The van der Waals surface area contributed by atoms with Gasteiger partial charge in [0.25, 0.3) is 10.0 Å². The highest BCUT2D eigenvalue weighted by atomic mass is 32.2. The van der Waals surface area contributed by atoms with Gasteiger partial charge in [-0.25, -0.2) is 13.4 Å². The Morgan fingerprint density at radius 3 is 2.36 bits per heavy atom. The van der Waals surface area contributed by atoms with Gasteiger partial charge < -0.3 is 19.5 Å². The summed E-state index contributed by atoms with van der Waals surface area (Å²) in [4.78, 5) is 33.7. The molecule has 1 unspecified atom stereocenters. The maximum Gasteiger partial charge on any atom is 0.285 e. The highest BCUT2D eigenvalue weighted by molar-refractivity contribution is 7.91. The molecule has 44 heavy (non-hydrogen) atoms. The smallest absolute Gasteiger partial charge is 0.285 e. The second-order valence-electron chi connectivity index (χ2n) is 11.1. The summed E-state index contributed by atoms with van der Waals surface area (Å²) in [6, 6.07) is 11.7. The molecule has 0 aliphatic carbocycles. The summed E-state index contributed by atoms with van der Waals surface area (Å²) in [6.07, 6.45) is 6.30. The monoisotopic (exact) mass is 641 g/mol. The standard InChI is InChI=1S/C30H35N5O7S2/c1-21-17-23-18-24(8-13-27(23)42-21)32-30(33-44(40,41)26-11-9-25(10-12-26)43(2,38)39)31-19-22-7-3-4-16-35(29(22)37)20-28(36)34-14-5-6-15-34/h8-13,17-19,22H,3-7,14-16,20H2,1-2H3,(H,32,33)/b31-19-. The number of hydrogen-bond donors (Lipinski definition) is 1. The van der Waals surface area contributed by atoms with Crippen molar-refractivity contribution in [3.8, 4) is 0 Å². The van der Waals surface area contributed by atoms with Crippen LogP contribution in [0.3, 0.4) is 0 Å². The van der Waals surface area contributed by atoms with Crippen molar-refractivity contribution in [1.29, 1.82) is 0 Å². The van der Waals surface area contributed by atoms with Gasteiger partial charge >= 0.3 is 0 Å². The van der Waals surface area contributed by atoms with Crippen LogP contribution in [0.1, 0.15) is 37.9 Å². The molecular weight excluding hydrogens is 606 g/mol. The van der Waals surface area contributed by atoms with Crippen molar-refractivity contribution in [2.45, 2.75) is 48.8 Å². The first-order valence-corrected chi connectivity index (χ1v) is 17.8. The lowest BCUT2D eigenvalue weighted by Gasteiger charge is -2.25. The number of aryl methyl sites for hydroxylation is 1. The van der Waals surface area contributed by atoms with Gasteiger partial charge in [-0.15, -0.1) is 4.40 Å². The van der Waals surface area contributed by atoms with Gasteiger partial charge in [-0.05, 0) is 81.1 Å². The third-order valence-electron chi connectivity index (χ3n) is 7.64. The van der Waals surface area contributed by atoms with Crippen LogP contribution in [0.2, 0.25) is 0 Å². The number of hydrogen-bond acceptors (Lipinski definition) is 7. The van der Waals surface area contributed by atoms with Gasteiger partial charge in [0, 0.05) is 43.2 Å². The lowest BCUT2D eigenvalue weighted by atomic mass is 10.0. The Balaban J connectivity index is 1.43. The van der Waals surface area contributed by atoms with Crippen LogP contribution < -0.4 is 5.32 Å². The molecule has 1 aromatic heterocycles. The van der Waals surface area contributed by atoms with Crippen molar-refractivity contribution in [2.24, 2.45) is 15.3 Å². The van der Waals surface area contributed by atoms with Crippen molar-refractivity contribution in [3.05, 3.63) is 54.3 Å². The van der Waals surface area contributed by atoms with E-state index in [4.69, 9.17) is 4.42 Å². The van der Waals surface area contributed by atoms with Crippen molar-refractivity contribution < 1.29 is 30.8 Å². The second-order valence-corrected chi connectivity index (χ2v) is 14.7. The second kappa shape index (κ2) is 12.9.